The summed E-state index contributed by atoms with van der Waals surface area (Å²) in [5, 5.41) is 2.59. The Morgan fingerprint density at radius 2 is 2.03 bits per heavy atom. The molecule has 0 bridgehead atoms. The number of hydrogen-bond acceptors (Lipinski definition) is 6. The van der Waals surface area contributed by atoms with Gasteiger partial charge in [0.2, 0.25) is 5.91 Å². The third kappa shape index (κ3) is 4.00. The number of nitrogens with zero attached hydrogens (tertiary/aromatic N) is 5. The molecule has 4 aromatic rings. The Kier molecular flexibility index (Phi) is 6.05. The standard InChI is InChI=1S/C27H28FN5O2S/c1-3-24(34)32-8-9-33-22(15-32)26(31-27(33)17-6-10-35-11-7-17)25-19-13-30-21(23-14-29-16(2)36-23)12-18(19)4-5-20(25)28/h4-5,12-14,17H,3,6-11,15H2,1-2H3. The van der Waals surface area contributed by atoms with E-state index in [2.05, 4.69) is 14.5 Å². The first-order valence-corrected chi connectivity index (χ1v) is 13.3. The lowest BCUT2D eigenvalue weighted by molar-refractivity contribution is -0.132. The van der Waals surface area contributed by atoms with Gasteiger partial charge in [0.05, 0.1) is 33.5 Å². The summed E-state index contributed by atoms with van der Waals surface area (Å²) >= 11 is 1.58. The van der Waals surface area contributed by atoms with Crippen LogP contribution in [0.2, 0.25) is 0 Å². The SMILES string of the molecule is CCC(=O)N1CCn2c(C3CCOCC3)nc(-c3c(F)ccc4cc(-c5cnc(C)s5)ncc34)c2C1. The molecule has 9 heteroatoms. The molecule has 1 amide bonds. The van der Waals surface area contributed by atoms with E-state index in [9.17, 15) is 4.79 Å². The third-order valence-corrected chi connectivity index (χ3v) is 8.18. The Labute approximate surface area is 213 Å². The van der Waals surface area contributed by atoms with Gasteiger partial charge in [-0.2, -0.15) is 0 Å². The van der Waals surface area contributed by atoms with Crippen LogP contribution in [0.1, 0.15) is 48.6 Å². The fraction of sp³-hybridized carbons (Fsp3) is 0.407. The van der Waals surface area contributed by atoms with Crippen molar-refractivity contribution in [1.82, 2.24) is 24.4 Å². The van der Waals surface area contributed by atoms with E-state index in [1.54, 1.807) is 23.6 Å². The molecule has 36 heavy (non-hydrogen) atoms. The maximum absolute atomic E-state index is 15.6. The molecule has 1 fully saturated rings. The molecule has 0 N–H and O–H groups in total. The van der Waals surface area contributed by atoms with E-state index in [-0.39, 0.29) is 17.6 Å². The second-order valence-corrected chi connectivity index (χ2v) is 10.7. The fourth-order valence-corrected chi connectivity index (χ4v) is 6.09. The second kappa shape index (κ2) is 9.37. The zero-order valence-electron chi connectivity index (χ0n) is 20.5. The number of rotatable bonds is 4. The molecule has 0 aliphatic carbocycles. The van der Waals surface area contributed by atoms with Crippen LogP contribution in [0.5, 0.6) is 0 Å². The van der Waals surface area contributed by atoms with E-state index >= 15 is 4.39 Å². The Morgan fingerprint density at radius 1 is 1.19 bits per heavy atom. The van der Waals surface area contributed by atoms with Crippen molar-refractivity contribution >= 4 is 28.0 Å². The summed E-state index contributed by atoms with van der Waals surface area (Å²) in [4.78, 5) is 29.5. The number of fused-ring (bicyclic) bond motifs is 2. The Bertz CT molecular complexity index is 1460. The van der Waals surface area contributed by atoms with Crippen molar-refractivity contribution in [2.75, 3.05) is 19.8 Å². The van der Waals surface area contributed by atoms with Gasteiger partial charge in [0, 0.05) is 62.0 Å². The summed E-state index contributed by atoms with van der Waals surface area (Å²) in [6.07, 6.45) is 5.80. The zero-order chi connectivity index (χ0) is 24.8. The number of carbonyl (C=O) groups is 1. The van der Waals surface area contributed by atoms with Crippen molar-refractivity contribution in [3.8, 4) is 21.8 Å². The van der Waals surface area contributed by atoms with Crippen molar-refractivity contribution in [3.63, 3.8) is 0 Å². The number of thiazole rings is 1. The first-order chi connectivity index (χ1) is 17.5. The molecule has 7 nitrogen and oxygen atoms in total. The minimum Gasteiger partial charge on any atom is -0.381 e. The van der Waals surface area contributed by atoms with Crippen LogP contribution in [0, 0.1) is 12.7 Å². The summed E-state index contributed by atoms with van der Waals surface area (Å²) in [6.45, 7) is 6.99. The van der Waals surface area contributed by atoms with Gasteiger partial charge in [-0.25, -0.2) is 14.4 Å². The number of benzene rings is 1. The summed E-state index contributed by atoms with van der Waals surface area (Å²) < 4.78 is 23.4. The van der Waals surface area contributed by atoms with Crippen LogP contribution in [0.15, 0.2) is 30.6 Å². The zero-order valence-corrected chi connectivity index (χ0v) is 21.3. The number of pyridine rings is 1. The van der Waals surface area contributed by atoms with E-state index in [1.807, 2.05) is 31.0 Å². The highest BCUT2D eigenvalue weighted by molar-refractivity contribution is 7.15. The first kappa shape index (κ1) is 23.2. The van der Waals surface area contributed by atoms with Crippen LogP contribution >= 0.6 is 11.3 Å². The minimum absolute atomic E-state index is 0.102. The van der Waals surface area contributed by atoms with Gasteiger partial charge in [-0.1, -0.05) is 13.0 Å². The lowest BCUT2D eigenvalue weighted by Gasteiger charge is -2.31. The number of ether oxygens (including phenoxy) is 1. The van der Waals surface area contributed by atoms with Crippen LogP contribution in [0.25, 0.3) is 32.6 Å². The summed E-state index contributed by atoms with van der Waals surface area (Å²) in [5.74, 6) is 1.01. The number of carbonyl (C=O) groups excluding carboxylic acids is 1. The molecule has 0 unspecified atom stereocenters. The molecule has 0 saturated carbocycles. The number of hydrogen-bond donors (Lipinski definition) is 0. The molecule has 0 radical (unpaired) electrons. The van der Waals surface area contributed by atoms with E-state index in [4.69, 9.17) is 9.72 Å². The summed E-state index contributed by atoms with van der Waals surface area (Å²) in [7, 11) is 0. The van der Waals surface area contributed by atoms with Gasteiger partial charge >= 0.3 is 0 Å². The summed E-state index contributed by atoms with van der Waals surface area (Å²) in [5.41, 5.74) is 2.80. The molecule has 1 saturated heterocycles. The summed E-state index contributed by atoms with van der Waals surface area (Å²) in [6, 6.07) is 5.29. The Hall–Kier alpha value is -3.17. The van der Waals surface area contributed by atoms with Crippen molar-refractivity contribution in [2.45, 2.75) is 52.1 Å². The predicted octanol–water partition coefficient (Wildman–Crippen LogP) is 5.32. The number of halogens is 1. The van der Waals surface area contributed by atoms with Crippen molar-refractivity contribution in [2.24, 2.45) is 0 Å². The fourth-order valence-electron chi connectivity index (χ4n) is 5.35. The topological polar surface area (TPSA) is 73.1 Å². The van der Waals surface area contributed by atoms with E-state index in [0.29, 0.717) is 50.5 Å². The van der Waals surface area contributed by atoms with Crippen LogP contribution in [-0.2, 0) is 22.6 Å². The lowest BCUT2D eigenvalue weighted by atomic mass is 9.99. The maximum Gasteiger partial charge on any atom is 0.222 e. The highest BCUT2D eigenvalue weighted by atomic mass is 32.1. The van der Waals surface area contributed by atoms with Gasteiger partial charge in [0.1, 0.15) is 11.6 Å². The second-order valence-electron chi connectivity index (χ2n) is 9.43. The van der Waals surface area contributed by atoms with Crippen molar-refractivity contribution in [3.05, 3.63) is 52.9 Å². The number of amides is 1. The molecular weight excluding hydrogens is 477 g/mol. The highest BCUT2D eigenvalue weighted by Crippen LogP contribution is 2.39. The molecule has 5 heterocycles. The van der Waals surface area contributed by atoms with Gasteiger partial charge in [0.15, 0.2) is 0 Å². The third-order valence-electron chi connectivity index (χ3n) is 7.24. The maximum atomic E-state index is 15.6. The average Bonchev–Trinajstić information content (AvgIpc) is 3.52. The number of aryl methyl sites for hydroxylation is 1. The number of aromatic nitrogens is 4. The van der Waals surface area contributed by atoms with Crippen LogP contribution in [0.3, 0.4) is 0 Å². The van der Waals surface area contributed by atoms with Gasteiger partial charge in [0.25, 0.3) is 0 Å². The monoisotopic (exact) mass is 505 g/mol. The predicted molar refractivity (Wildman–Crippen MR) is 137 cm³/mol. The first-order valence-electron chi connectivity index (χ1n) is 12.5. The van der Waals surface area contributed by atoms with Crippen LogP contribution < -0.4 is 0 Å². The normalized spacial score (nSPS) is 16.5. The van der Waals surface area contributed by atoms with E-state index in [0.717, 1.165) is 50.7 Å². The Morgan fingerprint density at radius 3 is 2.78 bits per heavy atom. The van der Waals surface area contributed by atoms with E-state index < -0.39 is 0 Å². The van der Waals surface area contributed by atoms with Gasteiger partial charge in [-0.3, -0.25) is 9.78 Å². The van der Waals surface area contributed by atoms with Crippen molar-refractivity contribution < 1.29 is 13.9 Å². The average molecular weight is 506 g/mol. The van der Waals surface area contributed by atoms with E-state index in [1.165, 1.54) is 6.07 Å². The van der Waals surface area contributed by atoms with Crippen LogP contribution in [0.4, 0.5) is 4.39 Å². The minimum atomic E-state index is -0.330. The van der Waals surface area contributed by atoms with Gasteiger partial charge in [-0.05, 0) is 37.3 Å². The molecule has 0 spiro atoms. The van der Waals surface area contributed by atoms with Gasteiger partial charge in [-0.15, -0.1) is 11.3 Å². The highest BCUT2D eigenvalue weighted by Gasteiger charge is 2.32. The molecule has 186 valence electrons. The molecule has 6 rings (SSSR count). The molecule has 2 aliphatic rings. The molecule has 0 atom stereocenters. The molecular formula is C27H28FN5O2S. The van der Waals surface area contributed by atoms with Crippen LogP contribution in [-0.4, -0.2) is 50.1 Å². The largest absolute Gasteiger partial charge is 0.381 e. The molecule has 2 aliphatic heterocycles. The Balaban J connectivity index is 1.51. The molecule has 3 aromatic heterocycles. The quantitative estimate of drug-likeness (QED) is 0.376. The molecule has 1 aromatic carbocycles. The van der Waals surface area contributed by atoms with Gasteiger partial charge < -0.3 is 14.2 Å². The smallest absolute Gasteiger partial charge is 0.222 e. The number of imidazole rings is 1. The van der Waals surface area contributed by atoms with Crippen molar-refractivity contribution in [1.29, 1.82) is 0 Å². The lowest BCUT2D eigenvalue weighted by Crippen LogP contribution is -2.38.